The summed E-state index contributed by atoms with van der Waals surface area (Å²) in [7, 11) is 2.00. The van der Waals surface area contributed by atoms with Crippen LogP contribution in [0.1, 0.15) is 22.6 Å². The van der Waals surface area contributed by atoms with Gasteiger partial charge in [0.1, 0.15) is 0 Å². The molecular formula is C19H21N3. The topological polar surface area (TPSA) is 40.7 Å². The maximum Gasteiger partial charge on any atom is 0.0565 e. The van der Waals surface area contributed by atoms with Crippen molar-refractivity contribution in [2.24, 2.45) is 0 Å². The summed E-state index contributed by atoms with van der Waals surface area (Å²) < 4.78 is 0. The summed E-state index contributed by atoms with van der Waals surface area (Å²) in [5, 5.41) is 10.2. The van der Waals surface area contributed by atoms with Gasteiger partial charge in [-0.2, -0.15) is 5.10 Å². The van der Waals surface area contributed by atoms with E-state index >= 15 is 0 Å². The second-order valence-electron chi connectivity index (χ2n) is 5.63. The lowest BCUT2D eigenvalue weighted by Gasteiger charge is -2.18. The molecule has 2 N–H and O–H groups in total. The number of rotatable bonds is 5. The van der Waals surface area contributed by atoms with E-state index in [9.17, 15) is 0 Å². The molecule has 3 heteroatoms. The molecule has 0 spiro atoms. The molecule has 0 aliphatic carbocycles. The van der Waals surface area contributed by atoms with Gasteiger partial charge in [-0.3, -0.25) is 5.10 Å². The summed E-state index contributed by atoms with van der Waals surface area (Å²) in [6.45, 7) is 3.05. The molecule has 0 aliphatic rings. The van der Waals surface area contributed by atoms with Gasteiger partial charge >= 0.3 is 0 Å². The molecule has 0 aliphatic heterocycles. The third-order valence-corrected chi connectivity index (χ3v) is 4.03. The first-order valence-electron chi connectivity index (χ1n) is 7.58. The Bertz CT molecular complexity index is 697. The van der Waals surface area contributed by atoms with Crippen LogP contribution in [0.5, 0.6) is 0 Å². The number of hydrogen-bond acceptors (Lipinski definition) is 2. The van der Waals surface area contributed by atoms with Gasteiger partial charge in [0.05, 0.1) is 6.20 Å². The zero-order valence-corrected chi connectivity index (χ0v) is 13.0. The predicted molar refractivity (Wildman–Crippen MR) is 91.0 cm³/mol. The average Bonchev–Trinajstić information content (AvgIpc) is 3.08. The molecule has 0 fully saturated rings. The largest absolute Gasteiger partial charge is 0.319 e. The highest BCUT2D eigenvalue weighted by Crippen LogP contribution is 2.27. The quantitative estimate of drug-likeness (QED) is 0.752. The van der Waals surface area contributed by atoms with E-state index < -0.39 is 0 Å². The van der Waals surface area contributed by atoms with Crippen molar-refractivity contribution in [1.29, 1.82) is 0 Å². The van der Waals surface area contributed by atoms with Crippen LogP contribution in [0.4, 0.5) is 0 Å². The normalized spacial score (nSPS) is 12.3. The lowest BCUT2D eigenvalue weighted by Crippen LogP contribution is -2.18. The van der Waals surface area contributed by atoms with Crippen LogP contribution in [0, 0.1) is 6.92 Å². The predicted octanol–water partition coefficient (Wildman–Crippen LogP) is 3.74. The Kier molecular flexibility index (Phi) is 4.35. The molecular weight excluding hydrogens is 270 g/mol. The van der Waals surface area contributed by atoms with Crippen LogP contribution in [0.2, 0.25) is 0 Å². The van der Waals surface area contributed by atoms with Gasteiger partial charge < -0.3 is 5.32 Å². The molecule has 1 heterocycles. The highest BCUT2D eigenvalue weighted by molar-refractivity contribution is 5.62. The molecule has 0 saturated heterocycles. The Labute approximate surface area is 131 Å². The number of benzene rings is 2. The second kappa shape index (κ2) is 6.58. The molecule has 1 aromatic heterocycles. The fourth-order valence-corrected chi connectivity index (χ4v) is 2.75. The third kappa shape index (κ3) is 3.10. The van der Waals surface area contributed by atoms with Crippen molar-refractivity contribution in [2.45, 2.75) is 12.8 Å². The van der Waals surface area contributed by atoms with Crippen LogP contribution >= 0.6 is 0 Å². The molecule has 1 atom stereocenters. The first kappa shape index (κ1) is 14.5. The van der Waals surface area contributed by atoms with Gasteiger partial charge in [-0.15, -0.1) is 0 Å². The molecule has 3 rings (SSSR count). The SMILES string of the molecule is CNCC(c1ccc(C)cc1)c1ccc(-c2cn[nH]c2)cc1. The van der Waals surface area contributed by atoms with Crippen molar-refractivity contribution >= 4 is 0 Å². The van der Waals surface area contributed by atoms with Crippen molar-refractivity contribution in [3.8, 4) is 11.1 Å². The zero-order valence-electron chi connectivity index (χ0n) is 13.0. The van der Waals surface area contributed by atoms with Crippen molar-refractivity contribution < 1.29 is 0 Å². The lowest BCUT2D eigenvalue weighted by atomic mass is 9.90. The van der Waals surface area contributed by atoms with Gasteiger partial charge in [-0.05, 0) is 30.7 Å². The highest BCUT2D eigenvalue weighted by Gasteiger charge is 2.13. The minimum Gasteiger partial charge on any atom is -0.319 e. The van der Waals surface area contributed by atoms with Gasteiger partial charge in [-0.25, -0.2) is 0 Å². The highest BCUT2D eigenvalue weighted by atomic mass is 15.1. The van der Waals surface area contributed by atoms with Crippen molar-refractivity contribution in [1.82, 2.24) is 15.5 Å². The van der Waals surface area contributed by atoms with Crippen molar-refractivity contribution in [3.63, 3.8) is 0 Å². The standard InChI is InChI=1S/C19H21N3/c1-14-3-5-16(6-4-14)19(13-20-2)17-9-7-15(8-10-17)18-11-21-22-12-18/h3-12,19-20H,13H2,1-2H3,(H,21,22). The van der Waals surface area contributed by atoms with Crippen molar-refractivity contribution in [2.75, 3.05) is 13.6 Å². The van der Waals surface area contributed by atoms with Gasteiger partial charge in [0.25, 0.3) is 0 Å². The molecule has 112 valence electrons. The third-order valence-electron chi connectivity index (χ3n) is 4.03. The minimum absolute atomic E-state index is 0.365. The fraction of sp³-hybridized carbons (Fsp3) is 0.211. The van der Waals surface area contributed by atoms with Gasteiger partial charge in [0, 0.05) is 24.2 Å². The van der Waals surface area contributed by atoms with Crippen LogP contribution in [0.15, 0.2) is 60.9 Å². The van der Waals surface area contributed by atoms with E-state index in [-0.39, 0.29) is 0 Å². The second-order valence-corrected chi connectivity index (χ2v) is 5.63. The molecule has 2 aromatic carbocycles. The Balaban J connectivity index is 1.90. The van der Waals surface area contributed by atoms with E-state index in [0.29, 0.717) is 5.92 Å². The van der Waals surface area contributed by atoms with Crippen LogP contribution in [-0.4, -0.2) is 23.8 Å². The number of hydrogen-bond donors (Lipinski definition) is 2. The van der Waals surface area contributed by atoms with Gasteiger partial charge in [0.15, 0.2) is 0 Å². The maximum atomic E-state index is 4.01. The lowest BCUT2D eigenvalue weighted by molar-refractivity contribution is 0.708. The number of aryl methyl sites for hydroxylation is 1. The monoisotopic (exact) mass is 291 g/mol. The smallest absolute Gasteiger partial charge is 0.0565 e. The van der Waals surface area contributed by atoms with E-state index in [2.05, 4.69) is 71.0 Å². The van der Waals surface area contributed by atoms with Crippen LogP contribution < -0.4 is 5.32 Å². The first-order chi connectivity index (χ1) is 10.8. The first-order valence-corrected chi connectivity index (χ1v) is 7.58. The molecule has 1 unspecified atom stereocenters. The van der Waals surface area contributed by atoms with Crippen LogP contribution in [0.3, 0.4) is 0 Å². The minimum atomic E-state index is 0.365. The van der Waals surface area contributed by atoms with E-state index in [1.807, 2.05) is 19.4 Å². The van der Waals surface area contributed by atoms with E-state index in [1.165, 1.54) is 22.3 Å². The molecule has 0 saturated carbocycles. The average molecular weight is 291 g/mol. The Hall–Kier alpha value is -2.39. The summed E-state index contributed by atoms with van der Waals surface area (Å²) >= 11 is 0. The number of H-pyrrole nitrogens is 1. The Morgan fingerprint density at radius 1 is 0.955 bits per heavy atom. The summed E-state index contributed by atoms with van der Waals surface area (Å²) in [4.78, 5) is 0. The number of nitrogens with one attached hydrogen (secondary N) is 2. The van der Waals surface area contributed by atoms with Gasteiger partial charge in [-0.1, -0.05) is 54.1 Å². The van der Waals surface area contributed by atoms with E-state index in [1.54, 1.807) is 0 Å². The molecule has 0 amide bonds. The Morgan fingerprint density at radius 2 is 1.59 bits per heavy atom. The van der Waals surface area contributed by atoms with Crippen LogP contribution in [-0.2, 0) is 0 Å². The summed E-state index contributed by atoms with van der Waals surface area (Å²) in [6.07, 6.45) is 3.76. The molecule has 0 bridgehead atoms. The number of nitrogens with zero attached hydrogens (tertiary/aromatic N) is 1. The van der Waals surface area contributed by atoms with E-state index in [0.717, 1.165) is 12.1 Å². The Morgan fingerprint density at radius 3 is 2.14 bits per heavy atom. The number of aromatic nitrogens is 2. The van der Waals surface area contributed by atoms with E-state index in [4.69, 9.17) is 0 Å². The molecule has 0 radical (unpaired) electrons. The fourth-order valence-electron chi connectivity index (χ4n) is 2.75. The number of aromatic amines is 1. The van der Waals surface area contributed by atoms with Crippen molar-refractivity contribution in [3.05, 3.63) is 77.6 Å². The van der Waals surface area contributed by atoms with Gasteiger partial charge in [0.2, 0.25) is 0 Å². The molecule has 3 aromatic rings. The maximum absolute atomic E-state index is 4.01. The summed E-state index contributed by atoms with van der Waals surface area (Å²) in [5.74, 6) is 0.365. The van der Waals surface area contributed by atoms with Crippen LogP contribution in [0.25, 0.3) is 11.1 Å². The summed E-state index contributed by atoms with van der Waals surface area (Å²) in [5.41, 5.74) is 6.26. The zero-order chi connectivity index (χ0) is 15.4. The molecule has 22 heavy (non-hydrogen) atoms. The number of likely N-dealkylation sites (N-methyl/N-ethyl adjacent to an activating group) is 1. The molecule has 3 nitrogen and oxygen atoms in total. The summed E-state index contributed by atoms with van der Waals surface area (Å²) in [6, 6.07) is 17.6.